The molecule has 0 amide bonds. The Hall–Kier alpha value is -0.890. The molecule has 0 atom stereocenters. The molecule has 0 saturated heterocycles. The fraction of sp³-hybridized carbons (Fsp3) is 0.500. The molecule has 2 heteroatoms. The Kier molecular flexibility index (Phi) is 2.31. The van der Waals surface area contributed by atoms with Crippen molar-refractivity contribution in [1.82, 2.24) is 0 Å². The summed E-state index contributed by atoms with van der Waals surface area (Å²) in [5.41, 5.74) is 1.43. The summed E-state index contributed by atoms with van der Waals surface area (Å²) in [4.78, 5) is 0. The van der Waals surface area contributed by atoms with Crippen LogP contribution in [0.2, 0.25) is 0 Å². The summed E-state index contributed by atoms with van der Waals surface area (Å²) in [6, 6.07) is 5.47. The fourth-order valence-corrected chi connectivity index (χ4v) is 1.82. The summed E-state index contributed by atoms with van der Waals surface area (Å²) in [6.07, 6.45) is 2.73. The van der Waals surface area contributed by atoms with Gasteiger partial charge in [-0.2, -0.15) is 0 Å². The molecule has 1 aliphatic carbocycles. The summed E-state index contributed by atoms with van der Waals surface area (Å²) < 4.78 is 13.6. The molecule has 14 heavy (non-hydrogen) atoms. The second-order valence-corrected chi connectivity index (χ2v) is 4.38. The van der Waals surface area contributed by atoms with Gasteiger partial charge in [0.2, 0.25) is 0 Å². The zero-order valence-electron chi connectivity index (χ0n) is 8.39. The molecule has 1 saturated carbocycles. The Bertz CT molecular complexity index is 342. The van der Waals surface area contributed by atoms with Crippen molar-refractivity contribution in [3.63, 3.8) is 0 Å². The van der Waals surface area contributed by atoms with Crippen molar-refractivity contribution >= 4 is 0 Å². The number of benzene rings is 1. The van der Waals surface area contributed by atoms with Crippen LogP contribution in [0.4, 0.5) is 4.39 Å². The summed E-state index contributed by atoms with van der Waals surface area (Å²) in [5.74, 6) is -0.104. The first-order valence-corrected chi connectivity index (χ1v) is 5.02. The van der Waals surface area contributed by atoms with Crippen LogP contribution in [0.25, 0.3) is 0 Å². The van der Waals surface area contributed by atoms with E-state index in [2.05, 4.69) is 0 Å². The van der Waals surface area contributed by atoms with Crippen LogP contribution >= 0.6 is 0 Å². The predicted molar refractivity (Wildman–Crippen MR) is 53.6 cm³/mol. The van der Waals surface area contributed by atoms with Gasteiger partial charge in [0.05, 0.1) is 0 Å². The lowest BCUT2D eigenvalue weighted by molar-refractivity contribution is 0.210. The van der Waals surface area contributed by atoms with Crippen LogP contribution < -0.4 is 0 Å². The third-order valence-electron chi connectivity index (χ3n) is 3.13. The summed E-state index contributed by atoms with van der Waals surface area (Å²) >= 11 is 0. The summed E-state index contributed by atoms with van der Waals surface area (Å²) in [5, 5.41) is 9.16. The maximum absolute atomic E-state index is 13.6. The minimum atomic E-state index is -0.104. The van der Waals surface area contributed by atoms with E-state index >= 15 is 0 Å². The number of aliphatic hydroxyl groups excluding tert-OH is 1. The molecule has 0 unspecified atom stereocenters. The topological polar surface area (TPSA) is 20.2 Å². The van der Waals surface area contributed by atoms with Gasteiger partial charge in [0.25, 0.3) is 0 Å². The van der Waals surface area contributed by atoms with Gasteiger partial charge >= 0.3 is 0 Å². The molecule has 0 radical (unpaired) electrons. The zero-order chi connectivity index (χ0) is 10.2. The average molecular weight is 194 g/mol. The van der Waals surface area contributed by atoms with E-state index in [0.29, 0.717) is 12.0 Å². The Balaban J connectivity index is 2.21. The molecule has 0 bridgehead atoms. The quantitative estimate of drug-likeness (QED) is 0.783. The van der Waals surface area contributed by atoms with E-state index in [-0.39, 0.29) is 17.8 Å². The van der Waals surface area contributed by atoms with Gasteiger partial charge in [0.15, 0.2) is 0 Å². The second kappa shape index (κ2) is 3.35. The first-order valence-electron chi connectivity index (χ1n) is 5.02. The molecule has 1 N–H and O–H groups in total. The van der Waals surface area contributed by atoms with Gasteiger partial charge in [-0.25, -0.2) is 4.39 Å². The highest BCUT2D eigenvalue weighted by Gasteiger charge is 2.42. The third kappa shape index (κ3) is 1.67. The summed E-state index contributed by atoms with van der Waals surface area (Å²) in [7, 11) is 0. The maximum Gasteiger partial charge on any atom is 0.129 e. The molecule has 1 nitrogen and oxygen atoms in total. The van der Waals surface area contributed by atoms with Gasteiger partial charge in [-0.1, -0.05) is 18.2 Å². The molecule has 2 rings (SSSR count). The molecule has 1 fully saturated rings. The Labute approximate surface area is 83.6 Å². The lowest BCUT2D eigenvalue weighted by Gasteiger charge is -2.12. The molecular weight excluding hydrogens is 179 g/mol. The molecule has 0 spiro atoms. The number of rotatable bonds is 3. The number of hydrogen-bond acceptors (Lipinski definition) is 1. The monoisotopic (exact) mass is 194 g/mol. The van der Waals surface area contributed by atoms with Gasteiger partial charge in [-0.05, 0) is 42.7 Å². The van der Waals surface area contributed by atoms with Crippen LogP contribution in [-0.4, -0.2) is 11.7 Å². The highest BCUT2D eigenvalue weighted by atomic mass is 19.1. The van der Waals surface area contributed by atoms with Gasteiger partial charge in [0, 0.05) is 6.61 Å². The van der Waals surface area contributed by atoms with E-state index < -0.39 is 0 Å². The van der Waals surface area contributed by atoms with Gasteiger partial charge in [-0.3, -0.25) is 0 Å². The van der Waals surface area contributed by atoms with E-state index in [4.69, 9.17) is 5.11 Å². The molecule has 0 aromatic heterocycles. The average Bonchev–Trinajstić information content (AvgIpc) is 2.94. The molecule has 1 aliphatic rings. The first kappa shape index (κ1) is 9.66. The minimum Gasteiger partial charge on any atom is -0.396 e. The molecule has 0 heterocycles. The minimum absolute atomic E-state index is 0.00532. The van der Waals surface area contributed by atoms with Crippen molar-refractivity contribution in [2.24, 2.45) is 5.41 Å². The Morgan fingerprint density at radius 2 is 2.14 bits per heavy atom. The SMILES string of the molecule is Cc1cccc(CC2(CO)CC2)c1F. The van der Waals surface area contributed by atoms with E-state index in [1.54, 1.807) is 13.0 Å². The van der Waals surface area contributed by atoms with Crippen molar-refractivity contribution in [3.8, 4) is 0 Å². The zero-order valence-corrected chi connectivity index (χ0v) is 8.39. The molecule has 0 aliphatic heterocycles. The number of hydrogen-bond donors (Lipinski definition) is 1. The van der Waals surface area contributed by atoms with Crippen molar-refractivity contribution < 1.29 is 9.50 Å². The Morgan fingerprint density at radius 1 is 1.43 bits per heavy atom. The van der Waals surface area contributed by atoms with Crippen molar-refractivity contribution in [1.29, 1.82) is 0 Å². The highest BCUT2D eigenvalue weighted by molar-refractivity contribution is 5.26. The van der Waals surface area contributed by atoms with Crippen LogP contribution in [-0.2, 0) is 6.42 Å². The van der Waals surface area contributed by atoms with Crippen LogP contribution in [0.5, 0.6) is 0 Å². The number of aryl methyl sites for hydroxylation is 1. The molecule has 1 aromatic carbocycles. The predicted octanol–water partition coefficient (Wildman–Crippen LogP) is 2.45. The van der Waals surface area contributed by atoms with Gasteiger partial charge in [-0.15, -0.1) is 0 Å². The van der Waals surface area contributed by atoms with Crippen LogP contribution in [0, 0.1) is 18.2 Å². The maximum atomic E-state index is 13.6. The molecular formula is C12H15FO. The lowest BCUT2D eigenvalue weighted by atomic mass is 9.96. The summed E-state index contributed by atoms with van der Waals surface area (Å²) in [6.45, 7) is 1.96. The van der Waals surface area contributed by atoms with E-state index in [1.807, 2.05) is 12.1 Å². The lowest BCUT2D eigenvalue weighted by Crippen LogP contribution is -2.11. The normalized spacial score (nSPS) is 18.2. The van der Waals surface area contributed by atoms with Crippen LogP contribution in [0.1, 0.15) is 24.0 Å². The van der Waals surface area contributed by atoms with E-state index in [9.17, 15) is 4.39 Å². The van der Waals surface area contributed by atoms with Crippen molar-refractivity contribution in [2.45, 2.75) is 26.2 Å². The van der Waals surface area contributed by atoms with E-state index in [1.165, 1.54) is 0 Å². The standard InChI is InChI=1S/C12H15FO/c1-9-3-2-4-10(11(9)13)7-12(8-14)5-6-12/h2-4,14H,5-8H2,1H3. The Morgan fingerprint density at radius 3 is 2.71 bits per heavy atom. The van der Waals surface area contributed by atoms with Gasteiger partial charge < -0.3 is 5.11 Å². The fourth-order valence-electron chi connectivity index (χ4n) is 1.82. The van der Waals surface area contributed by atoms with Crippen molar-refractivity contribution in [3.05, 3.63) is 35.1 Å². The highest BCUT2D eigenvalue weighted by Crippen LogP contribution is 2.48. The van der Waals surface area contributed by atoms with Gasteiger partial charge in [0.1, 0.15) is 5.82 Å². The number of aliphatic hydroxyl groups is 1. The van der Waals surface area contributed by atoms with Crippen molar-refractivity contribution in [2.75, 3.05) is 6.61 Å². The van der Waals surface area contributed by atoms with Crippen LogP contribution in [0.3, 0.4) is 0 Å². The van der Waals surface area contributed by atoms with E-state index in [0.717, 1.165) is 18.4 Å². The first-order chi connectivity index (χ1) is 6.67. The van der Waals surface area contributed by atoms with Crippen LogP contribution in [0.15, 0.2) is 18.2 Å². The largest absolute Gasteiger partial charge is 0.396 e. The number of halogens is 1. The molecule has 76 valence electrons. The second-order valence-electron chi connectivity index (χ2n) is 4.38. The smallest absolute Gasteiger partial charge is 0.129 e. The third-order valence-corrected chi connectivity index (χ3v) is 3.13. The molecule has 1 aromatic rings.